The molecule has 0 spiro atoms. The molecular weight excluding hydrogens is 503 g/mol. The number of hydrogen-bond acceptors (Lipinski definition) is 8. The number of ether oxygens (including phenoxy) is 1. The molecule has 39 heavy (non-hydrogen) atoms. The van der Waals surface area contributed by atoms with Crippen LogP contribution in [0.3, 0.4) is 0 Å². The Kier molecular flexibility index (Phi) is 8.15. The lowest BCUT2D eigenvalue weighted by atomic mass is 10.0. The fraction of sp³-hybridized carbons (Fsp3) is 0.571. The summed E-state index contributed by atoms with van der Waals surface area (Å²) in [5.41, 5.74) is 0.743. The number of fused-ring (bicyclic) bond motifs is 1. The van der Waals surface area contributed by atoms with Gasteiger partial charge >= 0.3 is 0 Å². The molecule has 0 radical (unpaired) electrons. The van der Waals surface area contributed by atoms with Crippen molar-refractivity contribution in [3.8, 4) is 5.75 Å². The van der Waals surface area contributed by atoms with Gasteiger partial charge in [-0.3, -0.25) is 9.59 Å². The SMILES string of the molecule is CC[C@@H]1C(=O)N(C)c2cnc(Nc3cc(F)c(C(=O)NC4CCCC4)cc3OCCO)nc2N1C1CCCC1. The van der Waals surface area contributed by atoms with Crippen molar-refractivity contribution in [1.29, 1.82) is 0 Å². The second kappa shape index (κ2) is 11.7. The molecule has 2 saturated carbocycles. The highest BCUT2D eigenvalue weighted by Crippen LogP contribution is 2.40. The van der Waals surface area contributed by atoms with Crippen LogP contribution in [-0.2, 0) is 4.79 Å². The van der Waals surface area contributed by atoms with Crippen molar-refractivity contribution in [2.24, 2.45) is 0 Å². The lowest BCUT2D eigenvalue weighted by Gasteiger charge is -2.43. The normalized spacial score (nSPS) is 19.9. The van der Waals surface area contributed by atoms with Crippen molar-refractivity contribution in [2.75, 3.05) is 35.4 Å². The molecule has 0 bridgehead atoms. The first kappa shape index (κ1) is 27.1. The zero-order valence-electron chi connectivity index (χ0n) is 22.6. The molecule has 2 amide bonds. The Morgan fingerprint density at radius 3 is 2.59 bits per heavy atom. The van der Waals surface area contributed by atoms with Crippen LogP contribution in [0.25, 0.3) is 0 Å². The Morgan fingerprint density at radius 2 is 1.90 bits per heavy atom. The first-order valence-corrected chi connectivity index (χ1v) is 14.0. The molecule has 0 saturated heterocycles. The van der Waals surface area contributed by atoms with Crippen LogP contribution in [0.4, 0.5) is 27.5 Å². The maximum absolute atomic E-state index is 15.2. The number of benzene rings is 1. The summed E-state index contributed by atoms with van der Waals surface area (Å²) in [6.45, 7) is 1.72. The predicted molar refractivity (Wildman–Crippen MR) is 146 cm³/mol. The zero-order chi connectivity index (χ0) is 27.5. The van der Waals surface area contributed by atoms with Gasteiger partial charge in [-0.25, -0.2) is 9.37 Å². The van der Waals surface area contributed by atoms with Crippen LogP contribution < -0.4 is 25.2 Å². The first-order chi connectivity index (χ1) is 18.9. The molecule has 1 aliphatic heterocycles. The number of aromatic nitrogens is 2. The number of carbonyl (C=O) groups excluding carboxylic acids is 2. The number of rotatable bonds is 9. The smallest absolute Gasteiger partial charge is 0.254 e. The summed E-state index contributed by atoms with van der Waals surface area (Å²) in [6.07, 6.45) is 10.3. The minimum atomic E-state index is -0.703. The topological polar surface area (TPSA) is 120 Å². The molecule has 2 fully saturated rings. The third-order valence-electron chi connectivity index (χ3n) is 8.01. The number of halogens is 1. The highest BCUT2D eigenvalue weighted by molar-refractivity contribution is 6.04. The van der Waals surface area contributed by atoms with Gasteiger partial charge in [-0.1, -0.05) is 32.6 Å². The molecule has 11 heteroatoms. The van der Waals surface area contributed by atoms with E-state index in [-0.39, 0.29) is 60.2 Å². The predicted octanol–water partition coefficient (Wildman–Crippen LogP) is 3.91. The second-order valence-corrected chi connectivity index (χ2v) is 10.5. The summed E-state index contributed by atoms with van der Waals surface area (Å²) in [5.74, 6) is -0.0873. The number of nitrogens with zero attached hydrogens (tertiary/aromatic N) is 4. The maximum Gasteiger partial charge on any atom is 0.254 e. The van der Waals surface area contributed by atoms with Gasteiger partial charge in [0.15, 0.2) is 5.82 Å². The van der Waals surface area contributed by atoms with Gasteiger partial charge in [0.05, 0.1) is 24.1 Å². The van der Waals surface area contributed by atoms with Crippen molar-refractivity contribution in [2.45, 2.75) is 82.8 Å². The number of hydrogen-bond donors (Lipinski definition) is 3. The standard InChI is InChI=1S/C28H37FN6O4/c1-3-22-27(38)34(2)23-16-30-28(33-25(23)35(22)18-10-6-7-11-18)32-21-15-20(29)19(14-24(21)39-13-12-36)26(37)31-17-8-4-5-9-17/h14-18,22,36H,3-13H2,1-2H3,(H,31,37)(H,30,32,33)/t22-/m1/s1. The van der Waals surface area contributed by atoms with Crippen molar-refractivity contribution in [1.82, 2.24) is 15.3 Å². The highest BCUT2D eigenvalue weighted by Gasteiger charge is 2.41. The molecular formula is C28H37FN6O4. The van der Waals surface area contributed by atoms with E-state index in [0.29, 0.717) is 17.9 Å². The lowest BCUT2D eigenvalue weighted by molar-refractivity contribution is -0.120. The number of nitrogens with one attached hydrogen (secondary N) is 2. The van der Waals surface area contributed by atoms with Gasteiger partial charge in [-0.2, -0.15) is 4.98 Å². The fourth-order valence-electron chi connectivity index (χ4n) is 6.00. The third kappa shape index (κ3) is 5.50. The summed E-state index contributed by atoms with van der Waals surface area (Å²) >= 11 is 0. The maximum atomic E-state index is 15.2. The fourth-order valence-corrected chi connectivity index (χ4v) is 6.00. The van der Waals surface area contributed by atoms with E-state index in [2.05, 4.69) is 20.5 Å². The molecule has 3 aliphatic rings. The quantitative estimate of drug-likeness (QED) is 0.438. The Labute approximate surface area is 227 Å². The van der Waals surface area contributed by atoms with E-state index >= 15 is 4.39 Å². The molecule has 0 unspecified atom stereocenters. The van der Waals surface area contributed by atoms with Gasteiger partial charge in [0.1, 0.15) is 29.9 Å². The average Bonchev–Trinajstić information content (AvgIpc) is 3.65. The molecule has 210 valence electrons. The summed E-state index contributed by atoms with van der Waals surface area (Å²) in [4.78, 5) is 38.9. The minimum Gasteiger partial charge on any atom is -0.489 e. The number of aliphatic hydroxyl groups is 1. The number of aliphatic hydroxyl groups excluding tert-OH is 1. The molecule has 2 heterocycles. The van der Waals surface area contributed by atoms with Crippen molar-refractivity contribution in [3.63, 3.8) is 0 Å². The van der Waals surface area contributed by atoms with Crippen LogP contribution in [-0.4, -0.2) is 65.3 Å². The number of amides is 2. The molecule has 3 N–H and O–H groups in total. The molecule has 5 rings (SSSR count). The number of likely N-dealkylation sites (N-methyl/N-ethyl adjacent to an activating group) is 1. The van der Waals surface area contributed by atoms with Crippen LogP contribution in [0.1, 0.15) is 75.1 Å². The summed E-state index contributed by atoms with van der Waals surface area (Å²) in [5, 5.41) is 15.3. The van der Waals surface area contributed by atoms with Crippen molar-refractivity contribution in [3.05, 3.63) is 29.7 Å². The van der Waals surface area contributed by atoms with E-state index in [1.165, 1.54) is 12.1 Å². The van der Waals surface area contributed by atoms with Gasteiger partial charge < -0.3 is 30.3 Å². The molecule has 2 aliphatic carbocycles. The Hall–Kier alpha value is -3.47. The van der Waals surface area contributed by atoms with Crippen molar-refractivity contribution >= 4 is 35.0 Å². The van der Waals surface area contributed by atoms with E-state index in [4.69, 9.17) is 9.72 Å². The summed E-state index contributed by atoms with van der Waals surface area (Å²) in [7, 11) is 1.73. The molecule has 1 aromatic carbocycles. The van der Waals surface area contributed by atoms with Crippen molar-refractivity contribution < 1.29 is 23.8 Å². The van der Waals surface area contributed by atoms with E-state index in [1.54, 1.807) is 18.1 Å². The van der Waals surface area contributed by atoms with Gasteiger partial charge in [0, 0.05) is 25.2 Å². The molecule has 2 aromatic rings. The minimum absolute atomic E-state index is 0.0226. The second-order valence-electron chi connectivity index (χ2n) is 10.5. The largest absolute Gasteiger partial charge is 0.489 e. The van der Waals surface area contributed by atoms with Crippen LogP contribution in [0.2, 0.25) is 0 Å². The van der Waals surface area contributed by atoms with E-state index < -0.39 is 11.7 Å². The molecule has 10 nitrogen and oxygen atoms in total. The average molecular weight is 541 g/mol. The van der Waals surface area contributed by atoms with Crippen LogP contribution in [0, 0.1) is 5.82 Å². The molecule has 1 aromatic heterocycles. The monoisotopic (exact) mass is 540 g/mol. The van der Waals surface area contributed by atoms with Gasteiger partial charge in [0.2, 0.25) is 11.9 Å². The zero-order valence-corrected chi connectivity index (χ0v) is 22.6. The van der Waals surface area contributed by atoms with Crippen LogP contribution in [0.5, 0.6) is 5.75 Å². The number of anilines is 4. The van der Waals surface area contributed by atoms with E-state index in [1.807, 2.05) is 6.92 Å². The summed E-state index contributed by atoms with van der Waals surface area (Å²) < 4.78 is 20.9. The van der Waals surface area contributed by atoms with Crippen LogP contribution in [0.15, 0.2) is 18.3 Å². The first-order valence-electron chi connectivity index (χ1n) is 14.0. The Morgan fingerprint density at radius 1 is 1.18 bits per heavy atom. The third-order valence-corrected chi connectivity index (χ3v) is 8.01. The highest BCUT2D eigenvalue weighted by atomic mass is 19.1. The van der Waals surface area contributed by atoms with Gasteiger partial charge in [-0.05, 0) is 38.2 Å². The van der Waals surface area contributed by atoms with E-state index in [9.17, 15) is 14.7 Å². The Balaban J connectivity index is 1.47. The lowest BCUT2D eigenvalue weighted by Crippen LogP contribution is -2.55. The van der Waals surface area contributed by atoms with E-state index in [0.717, 1.165) is 51.4 Å². The number of carbonyl (C=O) groups is 2. The summed E-state index contributed by atoms with van der Waals surface area (Å²) in [6, 6.07) is 2.48. The van der Waals surface area contributed by atoms with Gasteiger partial charge in [0.25, 0.3) is 5.91 Å². The molecule has 1 atom stereocenters. The van der Waals surface area contributed by atoms with Gasteiger partial charge in [-0.15, -0.1) is 0 Å². The Bertz CT molecular complexity index is 1210. The van der Waals surface area contributed by atoms with Crippen LogP contribution >= 0.6 is 0 Å².